The molecular formula is C17H23NO. The Bertz CT molecular complexity index is 484. The zero-order valence-corrected chi connectivity index (χ0v) is 11.9. The number of benzene rings is 1. The van der Waals surface area contributed by atoms with Crippen LogP contribution in [0.5, 0.6) is 5.75 Å². The number of hydrogen-bond acceptors (Lipinski definition) is 2. The second kappa shape index (κ2) is 6.63. The summed E-state index contributed by atoms with van der Waals surface area (Å²) < 4.78 is 6.17. The fourth-order valence-corrected chi connectivity index (χ4v) is 2.66. The normalized spacial score (nSPS) is 22.5. The summed E-state index contributed by atoms with van der Waals surface area (Å²) in [5, 5.41) is 0. The molecule has 0 heterocycles. The molecule has 0 aliphatic heterocycles. The first kappa shape index (κ1) is 14.0. The quantitative estimate of drug-likeness (QED) is 0.825. The van der Waals surface area contributed by atoms with Crippen LogP contribution in [-0.2, 0) is 0 Å². The van der Waals surface area contributed by atoms with Gasteiger partial charge in [-0.05, 0) is 49.8 Å². The van der Waals surface area contributed by atoms with Gasteiger partial charge in [0.15, 0.2) is 0 Å². The van der Waals surface area contributed by atoms with Gasteiger partial charge in [0, 0.05) is 0 Å². The molecule has 1 fully saturated rings. The van der Waals surface area contributed by atoms with Gasteiger partial charge < -0.3 is 10.5 Å². The van der Waals surface area contributed by atoms with E-state index in [1.807, 2.05) is 6.07 Å². The van der Waals surface area contributed by atoms with Crippen LogP contribution >= 0.6 is 0 Å². The molecule has 1 saturated carbocycles. The van der Waals surface area contributed by atoms with E-state index in [-0.39, 0.29) is 0 Å². The van der Waals surface area contributed by atoms with Crippen molar-refractivity contribution in [3.63, 3.8) is 0 Å². The summed E-state index contributed by atoms with van der Waals surface area (Å²) in [4.78, 5) is 0. The summed E-state index contributed by atoms with van der Waals surface area (Å²) in [5.41, 5.74) is 7.61. The first-order valence-electron chi connectivity index (χ1n) is 7.15. The van der Waals surface area contributed by atoms with Crippen LogP contribution in [0.25, 0.3) is 0 Å². The van der Waals surface area contributed by atoms with E-state index < -0.39 is 0 Å². The molecule has 1 aliphatic carbocycles. The van der Waals surface area contributed by atoms with E-state index in [1.165, 1.54) is 18.4 Å². The Morgan fingerprint density at radius 3 is 2.95 bits per heavy atom. The van der Waals surface area contributed by atoms with Gasteiger partial charge in [0.2, 0.25) is 0 Å². The molecule has 0 radical (unpaired) electrons. The maximum absolute atomic E-state index is 6.17. The Kier molecular flexibility index (Phi) is 4.87. The van der Waals surface area contributed by atoms with Crippen LogP contribution < -0.4 is 10.5 Å². The molecular weight excluding hydrogens is 234 g/mol. The van der Waals surface area contributed by atoms with E-state index in [9.17, 15) is 0 Å². The van der Waals surface area contributed by atoms with Crippen LogP contribution in [0.15, 0.2) is 18.2 Å². The Morgan fingerprint density at radius 1 is 1.37 bits per heavy atom. The van der Waals surface area contributed by atoms with Gasteiger partial charge in [-0.3, -0.25) is 0 Å². The lowest BCUT2D eigenvalue weighted by molar-refractivity contribution is 0.129. The Labute approximate surface area is 116 Å². The molecule has 19 heavy (non-hydrogen) atoms. The highest BCUT2D eigenvalue weighted by molar-refractivity contribution is 5.48. The summed E-state index contributed by atoms with van der Waals surface area (Å²) in [7, 11) is 0. The molecule has 0 bridgehead atoms. The predicted molar refractivity (Wildman–Crippen MR) is 79.2 cm³/mol. The predicted octanol–water partition coefficient (Wildman–Crippen LogP) is 3.26. The average molecular weight is 257 g/mol. The van der Waals surface area contributed by atoms with Crippen LogP contribution in [0.2, 0.25) is 0 Å². The summed E-state index contributed by atoms with van der Waals surface area (Å²) in [5.74, 6) is 7.70. The molecule has 2 heteroatoms. The third-order valence-corrected chi connectivity index (χ3v) is 3.64. The average Bonchev–Trinajstić information content (AvgIpc) is 2.39. The van der Waals surface area contributed by atoms with Gasteiger partial charge in [0.25, 0.3) is 0 Å². The molecule has 2 N–H and O–H groups in total. The van der Waals surface area contributed by atoms with Gasteiger partial charge in [-0.25, -0.2) is 0 Å². The number of ether oxygens (including phenoxy) is 1. The first-order chi connectivity index (χ1) is 9.19. The number of hydrogen-bond donors (Lipinski definition) is 1. The van der Waals surface area contributed by atoms with Crippen LogP contribution in [0, 0.1) is 24.7 Å². The van der Waals surface area contributed by atoms with E-state index in [4.69, 9.17) is 10.5 Å². The van der Waals surface area contributed by atoms with E-state index in [2.05, 4.69) is 37.8 Å². The molecule has 2 atom stereocenters. The van der Waals surface area contributed by atoms with Crippen molar-refractivity contribution >= 4 is 0 Å². The Balaban J connectivity index is 2.14. The summed E-state index contributed by atoms with van der Waals surface area (Å²) in [6.45, 7) is 4.76. The zero-order valence-electron chi connectivity index (χ0n) is 11.9. The fraction of sp³-hybridized carbons (Fsp3) is 0.529. The van der Waals surface area contributed by atoms with E-state index >= 15 is 0 Å². The molecule has 0 spiro atoms. The van der Waals surface area contributed by atoms with Gasteiger partial charge in [-0.15, -0.1) is 0 Å². The SMILES string of the molecule is Cc1ccc(OC2CCCC(C)C2)c(C#CCN)c1. The monoisotopic (exact) mass is 257 g/mol. The van der Waals surface area contributed by atoms with Gasteiger partial charge >= 0.3 is 0 Å². The molecule has 2 nitrogen and oxygen atoms in total. The van der Waals surface area contributed by atoms with Crippen molar-refractivity contribution in [2.45, 2.75) is 45.6 Å². The molecule has 0 aromatic heterocycles. The van der Waals surface area contributed by atoms with Gasteiger partial charge in [-0.2, -0.15) is 0 Å². The first-order valence-corrected chi connectivity index (χ1v) is 7.15. The standard InChI is InChI=1S/C17H23NO/c1-13-5-3-7-16(12-13)19-17-9-8-14(2)11-15(17)6-4-10-18/h8-9,11,13,16H,3,5,7,10,12,18H2,1-2H3. The maximum atomic E-state index is 6.17. The molecule has 2 rings (SSSR count). The molecule has 1 aromatic carbocycles. The molecule has 1 aromatic rings. The number of aryl methyl sites for hydroxylation is 1. The molecule has 1 aliphatic rings. The highest BCUT2D eigenvalue weighted by Crippen LogP contribution is 2.29. The van der Waals surface area contributed by atoms with Crippen molar-refractivity contribution < 1.29 is 4.74 Å². The van der Waals surface area contributed by atoms with E-state index in [1.54, 1.807) is 0 Å². The summed E-state index contributed by atoms with van der Waals surface area (Å²) in [6, 6.07) is 6.19. The second-order valence-corrected chi connectivity index (χ2v) is 5.52. The minimum atomic E-state index is 0.338. The molecule has 2 unspecified atom stereocenters. The molecule has 0 saturated heterocycles. The van der Waals surface area contributed by atoms with Crippen molar-refractivity contribution in [3.8, 4) is 17.6 Å². The minimum Gasteiger partial charge on any atom is -0.489 e. The summed E-state index contributed by atoms with van der Waals surface area (Å²) in [6.07, 6.45) is 5.24. The maximum Gasteiger partial charge on any atom is 0.135 e. The fourth-order valence-electron chi connectivity index (χ4n) is 2.66. The summed E-state index contributed by atoms with van der Waals surface area (Å²) >= 11 is 0. The largest absolute Gasteiger partial charge is 0.489 e. The lowest BCUT2D eigenvalue weighted by atomic mass is 9.88. The van der Waals surface area contributed by atoms with Crippen molar-refractivity contribution in [1.82, 2.24) is 0 Å². The Hall–Kier alpha value is -1.46. The van der Waals surface area contributed by atoms with E-state index in [0.29, 0.717) is 12.6 Å². The minimum absolute atomic E-state index is 0.338. The highest BCUT2D eigenvalue weighted by atomic mass is 16.5. The van der Waals surface area contributed by atoms with Crippen molar-refractivity contribution in [2.75, 3.05) is 6.54 Å². The van der Waals surface area contributed by atoms with Gasteiger partial charge in [-0.1, -0.05) is 31.3 Å². The van der Waals surface area contributed by atoms with Crippen molar-refractivity contribution in [1.29, 1.82) is 0 Å². The van der Waals surface area contributed by atoms with Gasteiger partial charge in [0.1, 0.15) is 5.75 Å². The third-order valence-electron chi connectivity index (χ3n) is 3.64. The van der Waals surface area contributed by atoms with Crippen molar-refractivity contribution in [3.05, 3.63) is 29.3 Å². The van der Waals surface area contributed by atoms with Crippen LogP contribution in [0.4, 0.5) is 0 Å². The highest BCUT2D eigenvalue weighted by Gasteiger charge is 2.20. The van der Waals surface area contributed by atoms with Crippen molar-refractivity contribution in [2.24, 2.45) is 11.7 Å². The zero-order chi connectivity index (χ0) is 13.7. The second-order valence-electron chi connectivity index (χ2n) is 5.52. The smallest absolute Gasteiger partial charge is 0.135 e. The number of nitrogens with two attached hydrogens (primary N) is 1. The van der Waals surface area contributed by atoms with Gasteiger partial charge in [0.05, 0.1) is 18.2 Å². The van der Waals surface area contributed by atoms with E-state index in [0.717, 1.165) is 30.1 Å². The Morgan fingerprint density at radius 2 is 2.21 bits per heavy atom. The topological polar surface area (TPSA) is 35.2 Å². The van der Waals surface area contributed by atoms with Crippen LogP contribution in [-0.4, -0.2) is 12.6 Å². The third kappa shape index (κ3) is 4.01. The van der Waals surface area contributed by atoms with Crippen LogP contribution in [0.1, 0.15) is 43.7 Å². The molecule has 102 valence electrons. The molecule has 0 amide bonds. The number of rotatable bonds is 2. The van der Waals surface area contributed by atoms with Crippen LogP contribution in [0.3, 0.4) is 0 Å². The lowest BCUT2D eigenvalue weighted by Gasteiger charge is -2.27. The lowest BCUT2D eigenvalue weighted by Crippen LogP contribution is -2.24.